The fourth-order valence-corrected chi connectivity index (χ4v) is 3.96. The molecule has 0 bridgehead atoms. The molecule has 1 amide bonds. The van der Waals surface area contributed by atoms with Gasteiger partial charge in [0.15, 0.2) is 5.78 Å². The number of carbonyl (C=O) groups excluding carboxylic acids is 2. The van der Waals surface area contributed by atoms with Crippen molar-refractivity contribution in [2.75, 3.05) is 13.6 Å². The zero-order valence-electron chi connectivity index (χ0n) is 15.2. The van der Waals surface area contributed by atoms with Crippen LogP contribution in [0.3, 0.4) is 0 Å². The molecule has 1 N–H and O–H groups in total. The predicted octanol–water partition coefficient (Wildman–Crippen LogP) is 4.54. The molecule has 2 aliphatic rings. The lowest BCUT2D eigenvalue weighted by atomic mass is 9.89. The van der Waals surface area contributed by atoms with Gasteiger partial charge in [0.1, 0.15) is 11.3 Å². The van der Waals surface area contributed by atoms with Crippen LogP contribution in [0.25, 0.3) is 0 Å². The van der Waals surface area contributed by atoms with Crippen LogP contribution in [0.5, 0.6) is 0 Å². The van der Waals surface area contributed by atoms with E-state index in [0.29, 0.717) is 12.3 Å². The maximum atomic E-state index is 12.0. The molecule has 1 aliphatic carbocycles. The summed E-state index contributed by atoms with van der Waals surface area (Å²) in [6.45, 7) is 0.0989. The summed E-state index contributed by atoms with van der Waals surface area (Å²) >= 11 is 0. The molecular weight excluding hydrogens is 302 g/mol. The lowest BCUT2D eigenvalue weighted by Gasteiger charge is -2.18. The minimum Gasteiger partial charge on any atom is -0.511 e. The molecule has 136 valence electrons. The SMILES string of the molecule is CN1CC(=O)/C(=C(\O)CCC2CCCCCCCCCCC2)C1=O. The van der Waals surface area contributed by atoms with E-state index in [9.17, 15) is 14.7 Å². The number of likely N-dealkylation sites (N-methyl/N-ethyl adjacent to an activating group) is 1. The van der Waals surface area contributed by atoms with Crippen LogP contribution in [0.4, 0.5) is 0 Å². The summed E-state index contributed by atoms with van der Waals surface area (Å²) in [5.41, 5.74) is 0.0330. The molecule has 24 heavy (non-hydrogen) atoms. The number of carbonyl (C=O) groups is 2. The van der Waals surface area contributed by atoms with Gasteiger partial charge in [0, 0.05) is 13.5 Å². The van der Waals surface area contributed by atoms with E-state index in [2.05, 4.69) is 0 Å². The molecule has 2 fully saturated rings. The summed E-state index contributed by atoms with van der Waals surface area (Å²) < 4.78 is 0. The van der Waals surface area contributed by atoms with Crippen LogP contribution in [0.1, 0.15) is 83.5 Å². The van der Waals surface area contributed by atoms with Crippen molar-refractivity contribution in [3.63, 3.8) is 0 Å². The van der Waals surface area contributed by atoms with Crippen LogP contribution in [-0.2, 0) is 9.59 Å². The lowest BCUT2D eigenvalue weighted by molar-refractivity contribution is -0.123. The van der Waals surface area contributed by atoms with Crippen molar-refractivity contribution in [2.24, 2.45) is 5.92 Å². The van der Waals surface area contributed by atoms with Crippen LogP contribution in [-0.4, -0.2) is 35.3 Å². The number of hydrogen-bond acceptors (Lipinski definition) is 3. The van der Waals surface area contributed by atoms with Gasteiger partial charge in [-0.05, 0) is 12.3 Å². The van der Waals surface area contributed by atoms with Crippen molar-refractivity contribution in [2.45, 2.75) is 83.5 Å². The monoisotopic (exact) mass is 335 g/mol. The standard InChI is InChI=1S/C20H33NO3/c1-21-15-18(23)19(20(21)24)17(22)14-13-16-11-9-7-5-3-2-4-6-8-10-12-16/h16,22H,2-15H2,1H3/b19-17+. The molecular formula is C20H33NO3. The van der Waals surface area contributed by atoms with Gasteiger partial charge >= 0.3 is 0 Å². The molecule has 4 heteroatoms. The highest BCUT2D eigenvalue weighted by Crippen LogP contribution is 2.27. The van der Waals surface area contributed by atoms with Crippen LogP contribution >= 0.6 is 0 Å². The number of allylic oxidation sites excluding steroid dienone is 1. The molecule has 0 spiro atoms. The van der Waals surface area contributed by atoms with Crippen molar-refractivity contribution < 1.29 is 14.7 Å². The second-order valence-corrected chi connectivity index (χ2v) is 7.57. The minimum absolute atomic E-state index is 0.0143. The molecule has 1 aliphatic heterocycles. The summed E-state index contributed by atoms with van der Waals surface area (Å²) in [6, 6.07) is 0. The van der Waals surface area contributed by atoms with Gasteiger partial charge in [-0.15, -0.1) is 0 Å². The minimum atomic E-state index is -0.323. The molecule has 0 unspecified atom stereocenters. The Balaban J connectivity index is 1.87. The Morgan fingerprint density at radius 3 is 1.92 bits per heavy atom. The number of nitrogens with zero attached hydrogens (tertiary/aromatic N) is 1. The number of Topliss-reactive ketones (excluding diaryl/α,β-unsaturated/α-hetero) is 1. The van der Waals surface area contributed by atoms with E-state index in [-0.39, 0.29) is 29.6 Å². The Morgan fingerprint density at radius 2 is 1.46 bits per heavy atom. The summed E-state index contributed by atoms with van der Waals surface area (Å²) in [5.74, 6) is 0.0619. The van der Waals surface area contributed by atoms with Crippen molar-refractivity contribution in [1.29, 1.82) is 0 Å². The molecule has 2 rings (SSSR count). The summed E-state index contributed by atoms with van der Waals surface area (Å²) in [5, 5.41) is 10.3. The number of amides is 1. The Hall–Kier alpha value is -1.32. The highest BCUT2D eigenvalue weighted by Gasteiger charge is 2.34. The van der Waals surface area contributed by atoms with E-state index in [0.717, 1.165) is 6.42 Å². The third kappa shape index (κ3) is 5.64. The Kier molecular flexibility index (Phi) is 7.80. The molecule has 0 atom stereocenters. The van der Waals surface area contributed by atoms with Gasteiger partial charge in [-0.2, -0.15) is 0 Å². The first-order chi connectivity index (χ1) is 11.6. The topological polar surface area (TPSA) is 57.6 Å². The first-order valence-electron chi connectivity index (χ1n) is 9.80. The molecule has 0 aromatic heterocycles. The van der Waals surface area contributed by atoms with Gasteiger partial charge in [0.25, 0.3) is 5.91 Å². The summed E-state index contributed by atoms with van der Waals surface area (Å²) in [7, 11) is 1.60. The van der Waals surface area contributed by atoms with Gasteiger partial charge in [-0.3, -0.25) is 9.59 Å². The average Bonchev–Trinajstić information content (AvgIpc) is 2.79. The third-order valence-corrected chi connectivity index (χ3v) is 5.52. The van der Waals surface area contributed by atoms with Gasteiger partial charge < -0.3 is 10.0 Å². The molecule has 0 aromatic rings. The van der Waals surface area contributed by atoms with E-state index in [1.165, 1.54) is 75.5 Å². The van der Waals surface area contributed by atoms with Crippen molar-refractivity contribution in [1.82, 2.24) is 4.90 Å². The normalized spacial score (nSPS) is 24.6. The molecule has 1 saturated heterocycles. The van der Waals surface area contributed by atoms with E-state index in [1.54, 1.807) is 7.05 Å². The summed E-state index contributed by atoms with van der Waals surface area (Å²) in [6.07, 6.45) is 15.8. The van der Waals surface area contributed by atoms with Crippen molar-refractivity contribution >= 4 is 11.7 Å². The van der Waals surface area contributed by atoms with Crippen molar-refractivity contribution in [3.8, 4) is 0 Å². The summed E-state index contributed by atoms with van der Waals surface area (Å²) in [4.78, 5) is 25.2. The molecule has 0 radical (unpaired) electrons. The van der Waals surface area contributed by atoms with Gasteiger partial charge in [-0.25, -0.2) is 0 Å². The fourth-order valence-electron chi connectivity index (χ4n) is 3.96. The number of aliphatic hydroxyl groups excluding tert-OH is 1. The number of aliphatic hydroxyl groups is 1. The predicted molar refractivity (Wildman–Crippen MR) is 95.8 cm³/mol. The van der Waals surface area contributed by atoms with E-state index in [1.807, 2.05) is 0 Å². The van der Waals surface area contributed by atoms with Crippen molar-refractivity contribution in [3.05, 3.63) is 11.3 Å². The molecule has 1 saturated carbocycles. The Morgan fingerprint density at radius 1 is 0.958 bits per heavy atom. The zero-order valence-corrected chi connectivity index (χ0v) is 15.2. The molecule has 1 heterocycles. The maximum Gasteiger partial charge on any atom is 0.261 e. The van der Waals surface area contributed by atoms with E-state index >= 15 is 0 Å². The number of likely N-dealkylation sites (tertiary alicyclic amines) is 1. The zero-order chi connectivity index (χ0) is 17.4. The lowest BCUT2D eigenvalue weighted by Crippen LogP contribution is -2.19. The van der Waals surface area contributed by atoms with Crippen LogP contribution in [0.2, 0.25) is 0 Å². The van der Waals surface area contributed by atoms with Gasteiger partial charge in [0.05, 0.1) is 6.54 Å². The highest BCUT2D eigenvalue weighted by molar-refractivity contribution is 6.25. The second-order valence-electron chi connectivity index (χ2n) is 7.57. The number of hydrogen-bond donors (Lipinski definition) is 1. The average molecular weight is 335 g/mol. The third-order valence-electron chi connectivity index (χ3n) is 5.52. The fraction of sp³-hybridized carbons (Fsp3) is 0.800. The highest BCUT2D eigenvalue weighted by atomic mass is 16.3. The quantitative estimate of drug-likeness (QED) is 0.468. The second kappa shape index (κ2) is 9.85. The molecule has 0 aromatic carbocycles. The maximum absolute atomic E-state index is 12.0. The van der Waals surface area contributed by atoms with Crippen LogP contribution < -0.4 is 0 Å². The van der Waals surface area contributed by atoms with E-state index < -0.39 is 0 Å². The largest absolute Gasteiger partial charge is 0.511 e. The Bertz CT molecular complexity index is 458. The first kappa shape index (κ1) is 19.0. The first-order valence-corrected chi connectivity index (χ1v) is 9.80. The molecule has 4 nitrogen and oxygen atoms in total. The van der Waals surface area contributed by atoms with Crippen LogP contribution in [0, 0.1) is 5.92 Å². The number of rotatable bonds is 3. The number of ketones is 1. The smallest absolute Gasteiger partial charge is 0.261 e. The van der Waals surface area contributed by atoms with Crippen LogP contribution in [0.15, 0.2) is 11.3 Å². The van der Waals surface area contributed by atoms with E-state index in [4.69, 9.17) is 0 Å². The Labute approximate surface area is 146 Å². The van der Waals surface area contributed by atoms with Gasteiger partial charge in [-0.1, -0.05) is 70.6 Å². The van der Waals surface area contributed by atoms with Gasteiger partial charge in [0.2, 0.25) is 0 Å².